The molecule has 1 aliphatic heterocycles. The Balaban J connectivity index is 1.83. The molecule has 0 aromatic heterocycles. The van der Waals surface area contributed by atoms with Crippen LogP contribution in [-0.2, 0) is 11.3 Å². The van der Waals surface area contributed by atoms with Gasteiger partial charge in [0.25, 0.3) is 0 Å². The van der Waals surface area contributed by atoms with Crippen LogP contribution in [0.25, 0.3) is 0 Å². The number of rotatable bonds is 4. The summed E-state index contributed by atoms with van der Waals surface area (Å²) in [4.78, 5) is 0. The average Bonchev–Trinajstić information content (AvgIpc) is 2.71. The number of halogens is 1. The number of ether oxygens (including phenoxy) is 1. The minimum Gasteiger partial charge on any atom is -0.505 e. The zero-order chi connectivity index (χ0) is 12.3. The first-order chi connectivity index (χ1) is 8.09. The first-order valence-corrected chi connectivity index (χ1v) is 5.91. The largest absolute Gasteiger partial charge is 0.505 e. The summed E-state index contributed by atoms with van der Waals surface area (Å²) in [6.07, 6.45) is 2.16. The lowest BCUT2D eigenvalue weighted by Gasteiger charge is -2.23. The number of aromatic hydroxyl groups is 1. The van der Waals surface area contributed by atoms with E-state index in [1.54, 1.807) is 6.07 Å². The van der Waals surface area contributed by atoms with E-state index >= 15 is 0 Å². The summed E-state index contributed by atoms with van der Waals surface area (Å²) in [5.74, 6) is -0.882. The SMILES string of the molecule is CC1(CNCc2ccc(O)c(F)c2)CCCO1. The van der Waals surface area contributed by atoms with Crippen LogP contribution in [-0.4, -0.2) is 23.9 Å². The molecule has 0 saturated carbocycles. The molecule has 0 amide bonds. The molecule has 2 rings (SSSR count). The Bertz CT molecular complexity index is 389. The van der Waals surface area contributed by atoms with Crippen molar-refractivity contribution in [3.63, 3.8) is 0 Å². The van der Waals surface area contributed by atoms with Crippen molar-refractivity contribution in [2.75, 3.05) is 13.2 Å². The summed E-state index contributed by atoms with van der Waals surface area (Å²) >= 11 is 0. The van der Waals surface area contributed by atoms with Gasteiger partial charge in [0.1, 0.15) is 0 Å². The third-order valence-electron chi connectivity index (χ3n) is 3.14. The summed E-state index contributed by atoms with van der Waals surface area (Å²) < 4.78 is 18.7. The maximum Gasteiger partial charge on any atom is 0.165 e. The number of hydrogen-bond acceptors (Lipinski definition) is 3. The van der Waals surface area contributed by atoms with Gasteiger partial charge in [-0.05, 0) is 37.5 Å². The van der Waals surface area contributed by atoms with Crippen LogP contribution in [0.2, 0.25) is 0 Å². The maximum absolute atomic E-state index is 13.1. The second-order valence-corrected chi connectivity index (χ2v) is 4.79. The van der Waals surface area contributed by atoms with E-state index in [2.05, 4.69) is 12.2 Å². The van der Waals surface area contributed by atoms with E-state index in [4.69, 9.17) is 9.84 Å². The minimum absolute atomic E-state index is 0.0878. The fourth-order valence-electron chi connectivity index (χ4n) is 2.11. The maximum atomic E-state index is 13.1. The quantitative estimate of drug-likeness (QED) is 0.846. The number of phenolic OH excluding ortho intramolecular Hbond substituents is 1. The molecule has 1 heterocycles. The average molecular weight is 239 g/mol. The molecule has 2 N–H and O–H groups in total. The Morgan fingerprint density at radius 3 is 3.00 bits per heavy atom. The molecule has 0 radical (unpaired) electrons. The molecule has 17 heavy (non-hydrogen) atoms. The molecule has 1 aliphatic rings. The lowest BCUT2D eigenvalue weighted by molar-refractivity contribution is 0.0207. The molecule has 1 atom stereocenters. The van der Waals surface area contributed by atoms with Crippen molar-refractivity contribution < 1.29 is 14.2 Å². The van der Waals surface area contributed by atoms with Gasteiger partial charge in [-0.25, -0.2) is 4.39 Å². The molecular formula is C13H18FNO2. The summed E-state index contributed by atoms with van der Waals surface area (Å²) in [6.45, 7) is 4.25. The molecule has 1 saturated heterocycles. The van der Waals surface area contributed by atoms with Crippen molar-refractivity contribution >= 4 is 0 Å². The highest BCUT2D eigenvalue weighted by molar-refractivity contribution is 5.27. The van der Waals surface area contributed by atoms with Crippen LogP contribution in [0.5, 0.6) is 5.75 Å². The monoisotopic (exact) mass is 239 g/mol. The summed E-state index contributed by atoms with van der Waals surface area (Å²) in [5.41, 5.74) is 0.733. The third-order valence-corrected chi connectivity index (χ3v) is 3.14. The molecule has 1 aromatic carbocycles. The van der Waals surface area contributed by atoms with Crippen LogP contribution >= 0.6 is 0 Å². The first kappa shape index (κ1) is 12.3. The van der Waals surface area contributed by atoms with Crippen molar-refractivity contribution in [1.29, 1.82) is 0 Å². The van der Waals surface area contributed by atoms with E-state index < -0.39 is 5.82 Å². The van der Waals surface area contributed by atoms with Gasteiger partial charge in [-0.3, -0.25) is 0 Å². The van der Waals surface area contributed by atoms with Gasteiger partial charge in [0.2, 0.25) is 0 Å². The Labute approximate surface area is 101 Å². The minimum atomic E-state index is -0.576. The predicted molar refractivity (Wildman–Crippen MR) is 63.4 cm³/mol. The molecule has 1 fully saturated rings. The zero-order valence-corrected chi connectivity index (χ0v) is 10.0. The van der Waals surface area contributed by atoms with Crippen molar-refractivity contribution in [2.24, 2.45) is 0 Å². The van der Waals surface area contributed by atoms with Crippen LogP contribution in [0.15, 0.2) is 18.2 Å². The Morgan fingerprint density at radius 1 is 1.53 bits per heavy atom. The summed E-state index contributed by atoms with van der Waals surface area (Å²) in [5, 5.41) is 12.3. The lowest BCUT2D eigenvalue weighted by atomic mass is 10.0. The van der Waals surface area contributed by atoms with Crippen LogP contribution in [0, 0.1) is 5.82 Å². The van der Waals surface area contributed by atoms with E-state index in [1.807, 2.05) is 0 Å². The molecule has 3 nitrogen and oxygen atoms in total. The molecule has 1 aromatic rings. The van der Waals surface area contributed by atoms with Crippen LogP contribution in [0.3, 0.4) is 0 Å². The third kappa shape index (κ3) is 3.17. The second kappa shape index (κ2) is 5.02. The Morgan fingerprint density at radius 2 is 2.35 bits per heavy atom. The molecule has 0 aliphatic carbocycles. The summed E-state index contributed by atoms with van der Waals surface area (Å²) in [6, 6.07) is 4.43. The standard InChI is InChI=1S/C13H18FNO2/c1-13(5-2-6-17-13)9-15-8-10-3-4-12(16)11(14)7-10/h3-4,7,15-16H,2,5-6,8-9H2,1H3. The van der Waals surface area contributed by atoms with Gasteiger partial charge < -0.3 is 15.2 Å². The second-order valence-electron chi connectivity index (χ2n) is 4.79. The predicted octanol–water partition coefficient (Wildman–Crippen LogP) is 2.19. The van der Waals surface area contributed by atoms with E-state index in [0.29, 0.717) is 6.54 Å². The fraction of sp³-hybridized carbons (Fsp3) is 0.538. The molecule has 1 unspecified atom stereocenters. The van der Waals surface area contributed by atoms with Gasteiger partial charge in [-0.2, -0.15) is 0 Å². The first-order valence-electron chi connectivity index (χ1n) is 5.91. The Hall–Kier alpha value is -1.13. The van der Waals surface area contributed by atoms with Gasteiger partial charge >= 0.3 is 0 Å². The van der Waals surface area contributed by atoms with Crippen LogP contribution in [0.1, 0.15) is 25.3 Å². The number of phenols is 1. The van der Waals surface area contributed by atoms with Crippen molar-refractivity contribution in [3.8, 4) is 5.75 Å². The number of benzene rings is 1. The van der Waals surface area contributed by atoms with Gasteiger partial charge in [0.05, 0.1) is 5.60 Å². The van der Waals surface area contributed by atoms with Crippen molar-refractivity contribution in [3.05, 3.63) is 29.6 Å². The normalized spacial score (nSPS) is 24.1. The summed E-state index contributed by atoms with van der Waals surface area (Å²) in [7, 11) is 0. The van der Waals surface area contributed by atoms with Crippen LogP contribution < -0.4 is 5.32 Å². The smallest absolute Gasteiger partial charge is 0.165 e. The highest BCUT2D eigenvalue weighted by atomic mass is 19.1. The van der Waals surface area contributed by atoms with Gasteiger partial charge in [-0.1, -0.05) is 6.07 Å². The van der Waals surface area contributed by atoms with Gasteiger partial charge in [0.15, 0.2) is 11.6 Å². The van der Waals surface area contributed by atoms with Crippen molar-refractivity contribution in [1.82, 2.24) is 5.32 Å². The molecule has 94 valence electrons. The van der Waals surface area contributed by atoms with Crippen molar-refractivity contribution in [2.45, 2.75) is 31.9 Å². The van der Waals surface area contributed by atoms with E-state index in [1.165, 1.54) is 12.1 Å². The zero-order valence-electron chi connectivity index (χ0n) is 10.0. The van der Waals surface area contributed by atoms with Gasteiger partial charge in [-0.15, -0.1) is 0 Å². The Kier molecular flexibility index (Phi) is 3.64. The van der Waals surface area contributed by atoms with Crippen LogP contribution in [0.4, 0.5) is 4.39 Å². The number of hydrogen-bond donors (Lipinski definition) is 2. The topological polar surface area (TPSA) is 41.5 Å². The van der Waals surface area contributed by atoms with Gasteiger partial charge in [0, 0.05) is 19.7 Å². The molecule has 4 heteroatoms. The van der Waals surface area contributed by atoms with E-state index in [9.17, 15) is 4.39 Å². The fourth-order valence-corrected chi connectivity index (χ4v) is 2.11. The van der Waals surface area contributed by atoms with E-state index in [0.717, 1.165) is 31.6 Å². The lowest BCUT2D eigenvalue weighted by Crippen LogP contribution is -2.36. The number of nitrogens with one attached hydrogen (secondary N) is 1. The molecule has 0 spiro atoms. The highest BCUT2D eigenvalue weighted by Crippen LogP contribution is 2.24. The molecule has 0 bridgehead atoms. The highest BCUT2D eigenvalue weighted by Gasteiger charge is 2.28. The van der Waals surface area contributed by atoms with E-state index in [-0.39, 0.29) is 11.4 Å². The molecular weight excluding hydrogens is 221 g/mol.